The van der Waals surface area contributed by atoms with Crippen LogP contribution in [-0.4, -0.2) is 37.4 Å². The number of rotatable bonds is 1. The van der Waals surface area contributed by atoms with E-state index in [-0.39, 0.29) is 23.4 Å². The summed E-state index contributed by atoms with van der Waals surface area (Å²) >= 11 is 0. The molecule has 0 aromatic carbocycles. The maximum Gasteiger partial charge on any atom is 0.488 e. The van der Waals surface area contributed by atoms with Crippen LogP contribution in [0.3, 0.4) is 0 Å². The summed E-state index contributed by atoms with van der Waals surface area (Å²) in [6.45, 7) is 12.4. The SMILES string of the molecule is C[C@@H]1CC(C)(C)OB(B2O[C@@H](C)CC(C)(C)O2)O1. The van der Waals surface area contributed by atoms with E-state index >= 15 is 0 Å². The molecule has 2 saturated heterocycles. The van der Waals surface area contributed by atoms with Gasteiger partial charge in [-0.1, -0.05) is 0 Å². The molecule has 2 rings (SSSR count). The van der Waals surface area contributed by atoms with Gasteiger partial charge in [0.15, 0.2) is 0 Å². The van der Waals surface area contributed by atoms with Crippen molar-refractivity contribution in [3.05, 3.63) is 0 Å². The molecule has 6 heteroatoms. The van der Waals surface area contributed by atoms with Gasteiger partial charge < -0.3 is 18.6 Å². The first-order valence-corrected chi connectivity index (χ1v) is 6.83. The number of hydrogen-bond donors (Lipinski definition) is 0. The Kier molecular flexibility index (Phi) is 3.85. The summed E-state index contributed by atoms with van der Waals surface area (Å²) in [7, 11) is -0.878. The van der Waals surface area contributed by atoms with E-state index in [1.54, 1.807) is 0 Å². The Morgan fingerprint density at radius 3 is 1.39 bits per heavy atom. The Bertz CT molecular complexity index is 278. The first-order chi connectivity index (χ1) is 8.17. The monoisotopic (exact) mass is 254 g/mol. The van der Waals surface area contributed by atoms with E-state index in [4.69, 9.17) is 18.6 Å². The van der Waals surface area contributed by atoms with E-state index in [2.05, 4.69) is 41.5 Å². The van der Waals surface area contributed by atoms with Crippen molar-refractivity contribution in [3.8, 4) is 0 Å². The molecule has 0 N–H and O–H groups in total. The zero-order valence-corrected chi connectivity index (χ0v) is 12.4. The number of hydrogen-bond acceptors (Lipinski definition) is 4. The van der Waals surface area contributed by atoms with Crippen molar-refractivity contribution >= 4 is 14.0 Å². The second-order valence-electron chi connectivity index (χ2n) is 6.79. The highest BCUT2D eigenvalue weighted by atomic mass is 16.7. The van der Waals surface area contributed by atoms with Crippen LogP contribution in [0, 0.1) is 0 Å². The molecule has 0 aromatic rings. The van der Waals surface area contributed by atoms with Gasteiger partial charge in [0.25, 0.3) is 0 Å². The largest absolute Gasteiger partial charge is 0.488 e. The summed E-state index contributed by atoms with van der Waals surface area (Å²) < 4.78 is 23.6. The van der Waals surface area contributed by atoms with Gasteiger partial charge in [-0.3, -0.25) is 0 Å². The van der Waals surface area contributed by atoms with Crippen molar-refractivity contribution in [2.24, 2.45) is 0 Å². The standard InChI is InChI=1S/C12H24B2O4/c1-9-7-11(3,4)17-13(15-9)14-16-10(2)8-12(5,6)18-14/h9-10H,7-8H2,1-6H3/t9-,10+. The fourth-order valence-corrected chi connectivity index (χ4v) is 2.96. The van der Waals surface area contributed by atoms with Crippen LogP contribution in [0.2, 0.25) is 0 Å². The Labute approximate surface area is 111 Å². The third kappa shape index (κ3) is 3.50. The molecule has 0 spiro atoms. The fraction of sp³-hybridized carbons (Fsp3) is 1.00. The smallest absolute Gasteiger partial charge is 0.411 e. The molecule has 0 radical (unpaired) electrons. The lowest BCUT2D eigenvalue weighted by atomic mass is 9.46. The molecule has 2 aliphatic rings. The summed E-state index contributed by atoms with van der Waals surface area (Å²) in [5, 5.41) is 0. The van der Waals surface area contributed by atoms with Gasteiger partial charge in [-0.2, -0.15) is 0 Å². The van der Waals surface area contributed by atoms with E-state index in [1.807, 2.05) is 0 Å². The average Bonchev–Trinajstić information content (AvgIpc) is 2.10. The second-order valence-corrected chi connectivity index (χ2v) is 6.79. The van der Waals surface area contributed by atoms with E-state index in [0.29, 0.717) is 0 Å². The van der Waals surface area contributed by atoms with Crippen LogP contribution >= 0.6 is 0 Å². The van der Waals surface area contributed by atoms with Gasteiger partial charge >= 0.3 is 14.0 Å². The Morgan fingerprint density at radius 1 is 0.778 bits per heavy atom. The fourth-order valence-electron chi connectivity index (χ4n) is 2.96. The highest BCUT2D eigenvalue weighted by molar-refractivity contribution is 7.10. The van der Waals surface area contributed by atoms with Crippen molar-refractivity contribution in [1.29, 1.82) is 0 Å². The summed E-state index contributed by atoms with van der Waals surface area (Å²) in [5.41, 5.74) is -0.389. The lowest BCUT2D eigenvalue weighted by Crippen LogP contribution is -2.60. The van der Waals surface area contributed by atoms with E-state index in [1.165, 1.54) is 0 Å². The molecular weight excluding hydrogens is 230 g/mol. The third-order valence-corrected chi connectivity index (χ3v) is 3.38. The van der Waals surface area contributed by atoms with Crippen LogP contribution in [0.5, 0.6) is 0 Å². The van der Waals surface area contributed by atoms with Crippen molar-refractivity contribution in [2.75, 3.05) is 0 Å². The summed E-state index contributed by atoms with van der Waals surface area (Å²) in [4.78, 5) is 0. The van der Waals surface area contributed by atoms with Crippen molar-refractivity contribution < 1.29 is 18.6 Å². The molecule has 0 aromatic heterocycles. The Hall–Kier alpha value is -0.0301. The highest BCUT2D eigenvalue weighted by Crippen LogP contribution is 2.31. The van der Waals surface area contributed by atoms with Crippen molar-refractivity contribution in [3.63, 3.8) is 0 Å². The summed E-state index contributed by atoms with van der Waals surface area (Å²) in [6.07, 6.45) is 2.09. The molecule has 0 saturated carbocycles. The Balaban J connectivity index is 2.06. The van der Waals surface area contributed by atoms with Gasteiger partial charge in [-0.25, -0.2) is 0 Å². The molecule has 2 fully saturated rings. The third-order valence-electron chi connectivity index (χ3n) is 3.38. The van der Waals surface area contributed by atoms with Crippen molar-refractivity contribution in [1.82, 2.24) is 0 Å². The predicted octanol–water partition coefficient (Wildman–Crippen LogP) is 2.25. The first kappa shape index (κ1) is 14.4. The lowest BCUT2D eigenvalue weighted by molar-refractivity contribution is -0.0518. The zero-order valence-electron chi connectivity index (χ0n) is 12.4. The molecule has 0 bridgehead atoms. The zero-order chi connectivity index (χ0) is 13.6. The van der Waals surface area contributed by atoms with Crippen LogP contribution in [-0.2, 0) is 18.6 Å². The van der Waals surface area contributed by atoms with E-state index in [0.717, 1.165) is 12.8 Å². The molecule has 18 heavy (non-hydrogen) atoms. The first-order valence-electron chi connectivity index (χ1n) is 6.83. The van der Waals surface area contributed by atoms with Gasteiger partial charge in [0, 0.05) is 12.2 Å². The van der Waals surface area contributed by atoms with Gasteiger partial charge in [-0.15, -0.1) is 0 Å². The molecule has 4 nitrogen and oxygen atoms in total. The quantitative estimate of drug-likeness (QED) is 0.672. The molecule has 2 heterocycles. The van der Waals surface area contributed by atoms with Crippen LogP contribution < -0.4 is 0 Å². The lowest BCUT2D eigenvalue weighted by Gasteiger charge is -2.44. The Morgan fingerprint density at radius 2 is 1.11 bits per heavy atom. The molecule has 102 valence electrons. The van der Waals surface area contributed by atoms with E-state index in [9.17, 15) is 0 Å². The van der Waals surface area contributed by atoms with Crippen LogP contribution in [0.1, 0.15) is 54.4 Å². The van der Waals surface area contributed by atoms with Gasteiger partial charge in [0.05, 0.1) is 11.2 Å². The molecule has 2 aliphatic heterocycles. The van der Waals surface area contributed by atoms with Gasteiger partial charge in [0.1, 0.15) is 0 Å². The molecule has 2 atom stereocenters. The van der Waals surface area contributed by atoms with E-state index < -0.39 is 14.0 Å². The molecule has 0 aliphatic carbocycles. The minimum Gasteiger partial charge on any atom is -0.411 e. The van der Waals surface area contributed by atoms with Gasteiger partial charge in [0.2, 0.25) is 0 Å². The normalized spacial score (nSPS) is 35.7. The highest BCUT2D eigenvalue weighted by Gasteiger charge is 2.52. The summed E-state index contributed by atoms with van der Waals surface area (Å²) in [6, 6.07) is 0. The van der Waals surface area contributed by atoms with Crippen LogP contribution in [0.25, 0.3) is 0 Å². The maximum absolute atomic E-state index is 5.95. The average molecular weight is 254 g/mol. The minimum absolute atomic E-state index is 0.159. The predicted molar refractivity (Wildman–Crippen MR) is 72.2 cm³/mol. The maximum atomic E-state index is 5.95. The molecule has 0 unspecified atom stereocenters. The molecular formula is C12H24B2O4. The van der Waals surface area contributed by atoms with Crippen molar-refractivity contribution in [2.45, 2.75) is 77.8 Å². The van der Waals surface area contributed by atoms with Crippen LogP contribution in [0.4, 0.5) is 0 Å². The topological polar surface area (TPSA) is 36.9 Å². The second kappa shape index (κ2) is 4.82. The van der Waals surface area contributed by atoms with Crippen LogP contribution in [0.15, 0.2) is 0 Å². The molecule has 0 amide bonds. The summed E-state index contributed by atoms with van der Waals surface area (Å²) in [5.74, 6) is 0. The van der Waals surface area contributed by atoms with Gasteiger partial charge in [-0.05, 0) is 54.4 Å². The minimum atomic E-state index is -0.439.